The standard InChI is InChI=1S/C15H24N2O.ClH/c1-11(10-16-5)14(18)17-13-9-7-6-8-12(13)15(2,3)4;/h6-9,11,16H,10H2,1-5H3,(H,17,18);1H. The van der Waals surface area contributed by atoms with Gasteiger partial charge in [0.15, 0.2) is 0 Å². The summed E-state index contributed by atoms with van der Waals surface area (Å²) in [5.74, 6) is 0.0177. The third-order valence-electron chi connectivity index (χ3n) is 2.95. The summed E-state index contributed by atoms with van der Waals surface area (Å²) < 4.78 is 0. The minimum absolute atomic E-state index is 0. The third-order valence-corrected chi connectivity index (χ3v) is 2.95. The van der Waals surface area contributed by atoms with Crippen LogP contribution in [0.2, 0.25) is 0 Å². The van der Waals surface area contributed by atoms with Crippen LogP contribution in [-0.4, -0.2) is 19.5 Å². The molecular weight excluding hydrogens is 260 g/mol. The van der Waals surface area contributed by atoms with Crippen LogP contribution in [0, 0.1) is 5.92 Å². The Bertz CT molecular complexity index is 413. The van der Waals surface area contributed by atoms with Crippen molar-refractivity contribution in [2.45, 2.75) is 33.1 Å². The maximum absolute atomic E-state index is 12.0. The van der Waals surface area contributed by atoms with Gasteiger partial charge in [0.2, 0.25) is 5.91 Å². The van der Waals surface area contributed by atoms with E-state index < -0.39 is 0 Å². The van der Waals surface area contributed by atoms with Gasteiger partial charge in [-0.15, -0.1) is 12.4 Å². The zero-order valence-electron chi connectivity index (χ0n) is 12.4. The molecule has 0 aliphatic rings. The second kappa shape index (κ2) is 7.51. The van der Waals surface area contributed by atoms with Crippen LogP contribution in [0.4, 0.5) is 5.69 Å². The van der Waals surface area contributed by atoms with E-state index in [-0.39, 0.29) is 29.6 Å². The first-order chi connectivity index (χ1) is 8.36. The van der Waals surface area contributed by atoms with Crippen molar-refractivity contribution in [1.82, 2.24) is 5.32 Å². The van der Waals surface area contributed by atoms with Crippen LogP contribution in [0.3, 0.4) is 0 Å². The van der Waals surface area contributed by atoms with Gasteiger partial charge in [0.25, 0.3) is 0 Å². The van der Waals surface area contributed by atoms with Gasteiger partial charge in [0, 0.05) is 18.2 Å². The molecule has 108 valence electrons. The number of benzene rings is 1. The second-order valence-electron chi connectivity index (χ2n) is 5.74. The molecule has 0 heterocycles. The molecule has 3 nitrogen and oxygen atoms in total. The molecule has 0 radical (unpaired) electrons. The normalized spacial score (nSPS) is 12.5. The highest BCUT2D eigenvalue weighted by molar-refractivity contribution is 5.93. The molecule has 0 saturated carbocycles. The van der Waals surface area contributed by atoms with E-state index in [0.717, 1.165) is 11.3 Å². The Morgan fingerprint density at radius 3 is 2.37 bits per heavy atom. The van der Waals surface area contributed by atoms with Gasteiger partial charge in [-0.05, 0) is 24.1 Å². The summed E-state index contributed by atoms with van der Waals surface area (Å²) >= 11 is 0. The van der Waals surface area contributed by atoms with Crippen molar-refractivity contribution in [3.05, 3.63) is 29.8 Å². The predicted octanol–water partition coefficient (Wildman–Crippen LogP) is 3.20. The molecule has 0 aliphatic heterocycles. The van der Waals surface area contributed by atoms with E-state index in [4.69, 9.17) is 0 Å². The highest BCUT2D eigenvalue weighted by atomic mass is 35.5. The number of rotatable bonds is 4. The van der Waals surface area contributed by atoms with Gasteiger partial charge in [-0.2, -0.15) is 0 Å². The van der Waals surface area contributed by atoms with Gasteiger partial charge in [0.05, 0.1) is 0 Å². The van der Waals surface area contributed by atoms with Gasteiger partial charge in [-0.25, -0.2) is 0 Å². The van der Waals surface area contributed by atoms with Crippen molar-refractivity contribution >= 4 is 24.0 Å². The van der Waals surface area contributed by atoms with Gasteiger partial charge >= 0.3 is 0 Å². The third kappa shape index (κ3) is 5.21. The van der Waals surface area contributed by atoms with Crippen LogP contribution < -0.4 is 10.6 Å². The topological polar surface area (TPSA) is 41.1 Å². The van der Waals surface area contributed by atoms with Gasteiger partial charge in [-0.1, -0.05) is 45.9 Å². The number of anilines is 1. The zero-order chi connectivity index (χ0) is 13.8. The molecule has 4 heteroatoms. The minimum Gasteiger partial charge on any atom is -0.326 e. The maximum Gasteiger partial charge on any atom is 0.228 e. The summed E-state index contributed by atoms with van der Waals surface area (Å²) in [6.45, 7) is 9.05. The van der Waals surface area contributed by atoms with Crippen LogP contribution >= 0.6 is 12.4 Å². The van der Waals surface area contributed by atoms with E-state index in [1.807, 2.05) is 32.2 Å². The van der Waals surface area contributed by atoms with Crippen molar-refractivity contribution in [3.63, 3.8) is 0 Å². The number of amides is 1. The molecule has 1 atom stereocenters. The lowest BCUT2D eigenvalue weighted by Crippen LogP contribution is -2.29. The summed E-state index contributed by atoms with van der Waals surface area (Å²) in [5, 5.41) is 6.04. The number of para-hydroxylation sites is 1. The molecule has 0 aromatic heterocycles. The fourth-order valence-electron chi connectivity index (χ4n) is 1.90. The summed E-state index contributed by atoms with van der Waals surface area (Å²) in [6.07, 6.45) is 0. The Labute approximate surface area is 122 Å². The fraction of sp³-hybridized carbons (Fsp3) is 0.533. The lowest BCUT2D eigenvalue weighted by atomic mass is 9.85. The SMILES string of the molecule is CNCC(C)C(=O)Nc1ccccc1C(C)(C)C.Cl. The Morgan fingerprint density at radius 1 is 1.26 bits per heavy atom. The van der Waals surface area contributed by atoms with E-state index in [0.29, 0.717) is 6.54 Å². The first kappa shape index (κ1) is 17.9. The maximum atomic E-state index is 12.0. The number of halogens is 1. The number of hydrogen-bond donors (Lipinski definition) is 2. The smallest absolute Gasteiger partial charge is 0.228 e. The number of carbonyl (C=O) groups excluding carboxylic acids is 1. The molecular formula is C15H25ClN2O. The van der Waals surface area contributed by atoms with Gasteiger partial charge < -0.3 is 10.6 Å². The highest BCUT2D eigenvalue weighted by Gasteiger charge is 2.20. The molecule has 1 unspecified atom stereocenters. The van der Waals surface area contributed by atoms with Gasteiger partial charge in [0.1, 0.15) is 0 Å². The van der Waals surface area contributed by atoms with E-state index in [1.165, 1.54) is 0 Å². The molecule has 0 spiro atoms. The van der Waals surface area contributed by atoms with E-state index in [1.54, 1.807) is 0 Å². The lowest BCUT2D eigenvalue weighted by Gasteiger charge is -2.23. The molecule has 0 saturated heterocycles. The Kier molecular flexibility index (Phi) is 7.09. The van der Waals surface area contributed by atoms with Crippen LogP contribution in [0.25, 0.3) is 0 Å². The summed E-state index contributed by atoms with van der Waals surface area (Å²) in [4.78, 5) is 12.0. The van der Waals surface area contributed by atoms with Crippen molar-refractivity contribution in [1.29, 1.82) is 0 Å². The molecule has 19 heavy (non-hydrogen) atoms. The Morgan fingerprint density at radius 2 is 1.84 bits per heavy atom. The van der Waals surface area contributed by atoms with E-state index in [9.17, 15) is 4.79 Å². The van der Waals surface area contributed by atoms with Crippen LogP contribution in [0.15, 0.2) is 24.3 Å². The van der Waals surface area contributed by atoms with Crippen molar-refractivity contribution < 1.29 is 4.79 Å². The molecule has 1 aromatic rings. The fourth-order valence-corrected chi connectivity index (χ4v) is 1.90. The molecule has 1 amide bonds. The average Bonchev–Trinajstić information content (AvgIpc) is 2.28. The first-order valence-electron chi connectivity index (χ1n) is 6.41. The molecule has 1 rings (SSSR count). The summed E-state index contributed by atoms with van der Waals surface area (Å²) in [6, 6.07) is 7.99. The van der Waals surface area contributed by atoms with Crippen molar-refractivity contribution in [2.24, 2.45) is 5.92 Å². The average molecular weight is 285 g/mol. The molecule has 2 N–H and O–H groups in total. The largest absolute Gasteiger partial charge is 0.326 e. The Balaban J connectivity index is 0.00000324. The summed E-state index contributed by atoms with van der Waals surface area (Å²) in [7, 11) is 1.85. The van der Waals surface area contributed by atoms with Crippen LogP contribution in [0.1, 0.15) is 33.3 Å². The second-order valence-corrected chi connectivity index (χ2v) is 5.74. The van der Waals surface area contributed by atoms with Crippen molar-refractivity contribution in [3.8, 4) is 0 Å². The molecule has 0 fully saturated rings. The number of hydrogen-bond acceptors (Lipinski definition) is 2. The van der Waals surface area contributed by atoms with E-state index in [2.05, 4.69) is 37.5 Å². The minimum atomic E-state index is -0.0389. The Hall–Kier alpha value is -1.06. The predicted molar refractivity (Wildman–Crippen MR) is 84.1 cm³/mol. The van der Waals surface area contributed by atoms with Crippen molar-refractivity contribution in [2.75, 3.05) is 18.9 Å². The molecule has 0 bridgehead atoms. The van der Waals surface area contributed by atoms with E-state index >= 15 is 0 Å². The number of nitrogens with one attached hydrogen (secondary N) is 2. The summed E-state index contributed by atoms with van der Waals surface area (Å²) in [5.41, 5.74) is 2.10. The van der Waals surface area contributed by atoms with Crippen LogP contribution in [0.5, 0.6) is 0 Å². The number of carbonyl (C=O) groups is 1. The molecule has 0 aliphatic carbocycles. The lowest BCUT2D eigenvalue weighted by molar-refractivity contribution is -0.119. The molecule has 1 aromatic carbocycles. The van der Waals surface area contributed by atoms with Crippen LogP contribution in [-0.2, 0) is 10.2 Å². The quantitative estimate of drug-likeness (QED) is 0.891. The highest BCUT2D eigenvalue weighted by Crippen LogP contribution is 2.29. The zero-order valence-corrected chi connectivity index (χ0v) is 13.2. The van der Waals surface area contributed by atoms with Gasteiger partial charge in [-0.3, -0.25) is 4.79 Å². The monoisotopic (exact) mass is 284 g/mol. The first-order valence-corrected chi connectivity index (χ1v) is 6.41.